The second kappa shape index (κ2) is 4.60. The molecule has 0 spiro atoms. The maximum atomic E-state index is 8.73. The number of hydrogen-bond acceptors (Lipinski definition) is 4. The molecule has 4 nitrogen and oxygen atoms in total. The number of nitrogens with one attached hydrogen (secondary N) is 1. The molecular formula is C11H7ClN4. The van der Waals surface area contributed by atoms with E-state index in [2.05, 4.69) is 15.3 Å². The fourth-order valence-electron chi connectivity index (χ4n) is 1.21. The molecule has 5 heteroatoms. The van der Waals surface area contributed by atoms with Crippen LogP contribution in [0.3, 0.4) is 0 Å². The van der Waals surface area contributed by atoms with Crippen LogP contribution in [0.1, 0.15) is 5.69 Å². The molecule has 0 aliphatic carbocycles. The Bertz CT molecular complexity index is 533. The summed E-state index contributed by atoms with van der Waals surface area (Å²) in [6, 6.07) is 13.0. The summed E-state index contributed by atoms with van der Waals surface area (Å²) < 4.78 is 0. The van der Waals surface area contributed by atoms with Crippen molar-refractivity contribution in [2.75, 3.05) is 5.32 Å². The van der Waals surface area contributed by atoms with Gasteiger partial charge in [-0.05, 0) is 23.7 Å². The Hall–Kier alpha value is -2.12. The molecule has 0 bridgehead atoms. The zero-order valence-corrected chi connectivity index (χ0v) is 8.94. The van der Waals surface area contributed by atoms with E-state index in [-0.39, 0.29) is 11.0 Å². The molecule has 0 amide bonds. The van der Waals surface area contributed by atoms with Gasteiger partial charge in [0.05, 0.1) is 0 Å². The van der Waals surface area contributed by atoms with Crippen molar-refractivity contribution in [1.29, 1.82) is 5.26 Å². The predicted molar refractivity (Wildman–Crippen MR) is 61.5 cm³/mol. The average molecular weight is 231 g/mol. The first-order valence-electron chi connectivity index (χ1n) is 4.55. The lowest BCUT2D eigenvalue weighted by Gasteiger charge is -2.05. The lowest BCUT2D eigenvalue weighted by atomic mass is 10.3. The van der Waals surface area contributed by atoms with Crippen LogP contribution in [-0.4, -0.2) is 9.97 Å². The van der Waals surface area contributed by atoms with E-state index in [0.29, 0.717) is 5.82 Å². The molecule has 0 aliphatic heterocycles. The molecule has 0 saturated carbocycles. The van der Waals surface area contributed by atoms with Crippen molar-refractivity contribution in [3.63, 3.8) is 0 Å². The number of aromatic nitrogens is 2. The zero-order valence-electron chi connectivity index (χ0n) is 8.18. The molecular weight excluding hydrogens is 224 g/mol. The number of halogens is 1. The molecule has 0 atom stereocenters. The highest BCUT2D eigenvalue weighted by atomic mass is 35.5. The smallest absolute Gasteiger partial charge is 0.225 e. The summed E-state index contributed by atoms with van der Waals surface area (Å²) in [4.78, 5) is 7.72. The Balaban J connectivity index is 2.29. The lowest BCUT2D eigenvalue weighted by Crippen LogP contribution is -1.96. The van der Waals surface area contributed by atoms with Crippen molar-refractivity contribution in [2.45, 2.75) is 0 Å². The first-order valence-corrected chi connectivity index (χ1v) is 4.92. The molecule has 78 valence electrons. The maximum absolute atomic E-state index is 8.73. The number of nitrogens with zero attached hydrogens (tertiary/aromatic N) is 3. The molecule has 2 rings (SSSR count). The van der Waals surface area contributed by atoms with E-state index in [1.165, 1.54) is 0 Å². The van der Waals surface area contributed by atoms with Crippen LogP contribution in [0, 0.1) is 11.3 Å². The van der Waals surface area contributed by atoms with E-state index >= 15 is 0 Å². The summed E-state index contributed by atoms with van der Waals surface area (Å²) in [7, 11) is 0. The highest BCUT2D eigenvalue weighted by molar-refractivity contribution is 6.28. The van der Waals surface area contributed by atoms with Crippen molar-refractivity contribution in [3.05, 3.63) is 47.4 Å². The largest absolute Gasteiger partial charge is 0.340 e. The van der Waals surface area contributed by atoms with E-state index in [1.807, 2.05) is 36.4 Å². The molecule has 1 aromatic heterocycles. The summed E-state index contributed by atoms with van der Waals surface area (Å²) in [6.07, 6.45) is 0. The molecule has 2 aromatic rings. The van der Waals surface area contributed by atoms with Gasteiger partial charge in [0.25, 0.3) is 0 Å². The van der Waals surface area contributed by atoms with Crippen molar-refractivity contribution >= 4 is 23.1 Å². The van der Waals surface area contributed by atoms with Crippen molar-refractivity contribution in [1.82, 2.24) is 9.97 Å². The van der Waals surface area contributed by atoms with Gasteiger partial charge in [-0.2, -0.15) is 5.26 Å². The lowest BCUT2D eigenvalue weighted by molar-refractivity contribution is 1.14. The summed E-state index contributed by atoms with van der Waals surface area (Å²) >= 11 is 5.68. The molecule has 0 radical (unpaired) electrons. The minimum atomic E-state index is 0.0532. The second-order valence-corrected chi connectivity index (χ2v) is 3.35. The first-order chi connectivity index (χ1) is 7.78. The normalized spacial score (nSPS) is 9.50. The van der Waals surface area contributed by atoms with Crippen molar-refractivity contribution in [2.24, 2.45) is 0 Å². The molecule has 16 heavy (non-hydrogen) atoms. The number of hydrogen-bond donors (Lipinski definition) is 1. The van der Waals surface area contributed by atoms with E-state index in [4.69, 9.17) is 16.9 Å². The number of rotatable bonds is 2. The Labute approximate surface area is 97.5 Å². The van der Waals surface area contributed by atoms with Gasteiger partial charge in [0.1, 0.15) is 17.6 Å². The number of nitriles is 1. The molecule has 1 aromatic carbocycles. The van der Waals surface area contributed by atoms with Gasteiger partial charge in [-0.1, -0.05) is 18.2 Å². The van der Waals surface area contributed by atoms with Gasteiger partial charge in [-0.3, -0.25) is 0 Å². The molecule has 0 unspecified atom stereocenters. The minimum absolute atomic E-state index is 0.0532. The quantitative estimate of drug-likeness (QED) is 0.806. The fourth-order valence-corrected chi connectivity index (χ4v) is 1.39. The Morgan fingerprint density at radius 3 is 2.62 bits per heavy atom. The van der Waals surface area contributed by atoms with Crippen LogP contribution in [0.15, 0.2) is 36.4 Å². The third kappa shape index (κ3) is 2.47. The topological polar surface area (TPSA) is 61.6 Å². The van der Waals surface area contributed by atoms with E-state index < -0.39 is 0 Å². The van der Waals surface area contributed by atoms with Gasteiger partial charge in [-0.15, -0.1) is 0 Å². The van der Waals surface area contributed by atoms with Gasteiger partial charge in [0.15, 0.2) is 0 Å². The third-order valence-electron chi connectivity index (χ3n) is 1.86. The maximum Gasteiger partial charge on any atom is 0.225 e. The minimum Gasteiger partial charge on any atom is -0.340 e. The van der Waals surface area contributed by atoms with E-state index in [0.717, 1.165) is 5.69 Å². The highest BCUT2D eigenvalue weighted by Gasteiger charge is 2.02. The number of para-hydroxylation sites is 1. The van der Waals surface area contributed by atoms with Crippen LogP contribution in [0.5, 0.6) is 0 Å². The summed E-state index contributed by atoms with van der Waals surface area (Å²) in [5, 5.41) is 11.8. The fraction of sp³-hybridized carbons (Fsp3) is 0. The monoisotopic (exact) mass is 230 g/mol. The van der Waals surface area contributed by atoms with Crippen molar-refractivity contribution < 1.29 is 0 Å². The average Bonchev–Trinajstić information content (AvgIpc) is 2.29. The summed E-state index contributed by atoms with van der Waals surface area (Å²) in [5.74, 6) is 0.503. The second-order valence-electron chi connectivity index (χ2n) is 3.01. The number of anilines is 2. The van der Waals surface area contributed by atoms with Gasteiger partial charge in [0.2, 0.25) is 5.28 Å². The summed E-state index contributed by atoms with van der Waals surface area (Å²) in [6.45, 7) is 0. The molecule has 0 saturated heterocycles. The number of benzene rings is 1. The third-order valence-corrected chi connectivity index (χ3v) is 2.03. The standard InChI is InChI=1S/C11H7ClN4/c12-11-15-9(7-13)6-10(16-11)14-8-4-2-1-3-5-8/h1-6H,(H,14,15,16). The van der Waals surface area contributed by atoms with Crippen molar-refractivity contribution in [3.8, 4) is 6.07 Å². The van der Waals surface area contributed by atoms with Crippen LogP contribution >= 0.6 is 11.6 Å². The van der Waals surface area contributed by atoms with Crippen LogP contribution in [0.25, 0.3) is 0 Å². The Morgan fingerprint density at radius 1 is 1.19 bits per heavy atom. The molecule has 1 heterocycles. The first kappa shape index (κ1) is 10.4. The summed E-state index contributed by atoms with van der Waals surface area (Å²) in [5.41, 5.74) is 1.11. The van der Waals surface area contributed by atoms with E-state index in [1.54, 1.807) is 6.07 Å². The van der Waals surface area contributed by atoms with E-state index in [9.17, 15) is 0 Å². The Morgan fingerprint density at radius 2 is 1.94 bits per heavy atom. The van der Waals surface area contributed by atoms with Gasteiger partial charge >= 0.3 is 0 Å². The zero-order chi connectivity index (χ0) is 11.4. The SMILES string of the molecule is N#Cc1cc(Nc2ccccc2)nc(Cl)n1. The Kier molecular flexibility index (Phi) is 2.99. The highest BCUT2D eigenvalue weighted by Crippen LogP contribution is 2.16. The van der Waals surface area contributed by atoms with Gasteiger partial charge in [0, 0.05) is 11.8 Å². The van der Waals surface area contributed by atoms with Crippen LogP contribution in [-0.2, 0) is 0 Å². The van der Waals surface area contributed by atoms with Gasteiger partial charge < -0.3 is 5.32 Å². The van der Waals surface area contributed by atoms with Crippen LogP contribution in [0.2, 0.25) is 5.28 Å². The molecule has 0 fully saturated rings. The molecule has 1 N–H and O–H groups in total. The van der Waals surface area contributed by atoms with Gasteiger partial charge in [-0.25, -0.2) is 9.97 Å². The van der Waals surface area contributed by atoms with Crippen LogP contribution in [0.4, 0.5) is 11.5 Å². The molecule has 0 aliphatic rings. The van der Waals surface area contributed by atoms with Crippen LogP contribution < -0.4 is 5.32 Å². The predicted octanol–water partition coefficient (Wildman–Crippen LogP) is 2.75.